The number of thiophene rings is 2. The molecule has 0 saturated carbocycles. The molecule has 0 aliphatic heterocycles. The number of hydrogen-bond donors (Lipinski definition) is 1. The fourth-order valence-electron chi connectivity index (χ4n) is 2.95. The van der Waals surface area contributed by atoms with Crippen molar-refractivity contribution in [1.29, 1.82) is 5.26 Å². The van der Waals surface area contributed by atoms with E-state index in [1.54, 1.807) is 6.07 Å². The first kappa shape index (κ1) is 17.6. The number of carbonyl (C=O) groups excluding carboxylic acids is 2. The predicted molar refractivity (Wildman–Crippen MR) is 98.4 cm³/mol. The summed E-state index contributed by atoms with van der Waals surface area (Å²) in [5, 5.41) is 12.6. The highest BCUT2D eigenvalue weighted by atomic mass is 32.1. The molecule has 0 bridgehead atoms. The summed E-state index contributed by atoms with van der Waals surface area (Å²) in [4.78, 5) is 27.0. The Labute approximate surface area is 154 Å². The molecule has 0 unspecified atom stereocenters. The molecule has 25 heavy (non-hydrogen) atoms. The lowest BCUT2D eigenvalue weighted by Crippen LogP contribution is -2.20. The topological polar surface area (TPSA) is 79.2 Å². The molecule has 0 saturated heterocycles. The summed E-state index contributed by atoms with van der Waals surface area (Å²) in [5.41, 5.74) is 2.68. The van der Waals surface area contributed by atoms with Gasteiger partial charge in [0.1, 0.15) is 15.9 Å². The predicted octanol–water partition coefficient (Wildman–Crippen LogP) is 3.84. The zero-order valence-corrected chi connectivity index (χ0v) is 15.7. The molecule has 5 nitrogen and oxygen atoms in total. The Bertz CT molecular complexity index is 874. The number of aryl methyl sites for hydroxylation is 3. The maximum absolute atomic E-state index is 12.1. The van der Waals surface area contributed by atoms with Gasteiger partial charge >= 0.3 is 5.97 Å². The van der Waals surface area contributed by atoms with Gasteiger partial charge in [0, 0.05) is 9.75 Å². The van der Waals surface area contributed by atoms with Gasteiger partial charge in [-0.2, -0.15) is 5.26 Å². The van der Waals surface area contributed by atoms with Gasteiger partial charge in [-0.15, -0.1) is 22.7 Å². The van der Waals surface area contributed by atoms with Crippen LogP contribution < -0.4 is 5.32 Å². The normalized spacial score (nSPS) is 12.5. The number of fused-ring (bicyclic) bond motifs is 1. The summed E-state index contributed by atoms with van der Waals surface area (Å²) >= 11 is 2.85. The largest absolute Gasteiger partial charge is 0.451 e. The third-order valence-electron chi connectivity index (χ3n) is 4.16. The van der Waals surface area contributed by atoms with Crippen LogP contribution in [0.3, 0.4) is 0 Å². The second-order valence-corrected chi connectivity index (χ2v) is 8.11. The molecule has 2 aromatic rings. The Morgan fingerprint density at radius 1 is 1.36 bits per heavy atom. The molecule has 130 valence electrons. The number of esters is 1. The van der Waals surface area contributed by atoms with Crippen LogP contribution in [0.5, 0.6) is 0 Å². The number of nitrogens with one attached hydrogen (secondary N) is 1. The number of nitriles is 1. The van der Waals surface area contributed by atoms with Gasteiger partial charge in [0.25, 0.3) is 5.91 Å². The van der Waals surface area contributed by atoms with Gasteiger partial charge in [-0.1, -0.05) is 6.92 Å². The van der Waals surface area contributed by atoms with Gasteiger partial charge < -0.3 is 10.1 Å². The molecule has 0 spiro atoms. The van der Waals surface area contributed by atoms with E-state index >= 15 is 0 Å². The molecule has 0 atom stereocenters. The summed E-state index contributed by atoms with van der Waals surface area (Å²) in [7, 11) is 0. The molecule has 0 fully saturated rings. The van der Waals surface area contributed by atoms with Crippen LogP contribution in [0.4, 0.5) is 5.00 Å². The Morgan fingerprint density at radius 2 is 2.16 bits per heavy atom. The number of nitrogens with zero attached hydrogens (tertiary/aromatic N) is 1. The first-order valence-electron chi connectivity index (χ1n) is 8.14. The van der Waals surface area contributed by atoms with E-state index in [-0.39, 0.29) is 6.61 Å². The fraction of sp³-hybridized carbons (Fsp3) is 0.389. The van der Waals surface area contributed by atoms with Crippen LogP contribution in [-0.2, 0) is 28.8 Å². The van der Waals surface area contributed by atoms with Gasteiger partial charge in [0.15, 0.2) is 6.61 Å². The minimum Gasteiger partial charge on any atom is -0.451 e. The third kappa shape index (κ3) is 3.60. The Balaban J connectivity index is 1.60. The van der Waals surface area contributed by atoms with Crippen LogP contribution in [0.1, 0.15) is 49.5 Å². The molecule has 7 heteroatoms. The molecule has 0 aromatic carbocycles. The van der Waals surface area contributed by atoms with Crippen LogP contribution in [-0.4, -0.2) is 18.5 Å². The van der Waals surface area contributed by atoms with Crippen molar-refractivity contribution in [3.63, 3.8) is 0 Å². The van der Waals surface area contributed by atoms with Crippen molar-refractivity contribution >= 4 is 39.6 Å². The molecule has 1 aliphatic rings. The van der Waals surface area contributed by atoms with Crippen molar-refractivity contribution < 1.29 is 14.3 Å². The SMILES string of the molecule is CCc1sc(C(=O)OCC(=O)Nc2sc3c(c2C#N)CCC3)cc1C. The first-order valence-corrected chi connectivity index (χ1v) is 9.77. The third-order valence-corrected chi connectivity index (χ3v) is 6.73. The molecule has 1 N–H and O–H groups in total. The average molecular weight is 374 g/mol. The van der Waals surface area contributed by atoms with E-state index in [0.717, 1.165) is 41.7 Å². The Morgan fingerprint density at radius 3 is 2.84 bits per heavy atom. The van der Waals surface area contributed by atoms with E-state index in [4.69, 9.17) is 4.74 Å². The Hall–Kier alpha value is -2.17. The monoisotopic (exact) mass is 374 g/mol. The molecular formula is C18H18N2O3S2. The lowest BCUT2D eigenvalue weighted by atomic mass is 10.1. The fourth-order valence-corrected chi connectivity index (χ4v) is 5.21. The molecule has 1 amide bonds. The lowest BCUT2D eigenvalue weighted by molar-refractivity contribution is -0.119. The number of ether oxygens (including phenoxy) is 1. The molecule has 1 aliphatic carbocycles. The maximum Gasteiger partial charge on any atom is 0.348 e. The van der Waals surface area contributed by atoms with Crippen LogP contribution in [0.25, 0.3) is 0 Å². The van der Waals surface area contributed by atoms with E-state index in [0.29, 0.717) is 15.4 Å². The number of hydrogen-bond acceptors (Lipinski definition) is 6. The van der Waals surface area contributed by atoms with E-state index in [1.165, 1.54) is 27.6 Å². The molecule has 2 heterocycles. The number of rotatable bonds is 5. The van der Waals surface area contributed by atoms with E-state index in [1.807, 2.05) is 13.8 Å². The molecule has 0 radical (unpaired) electrons. The second kappa shape index (κ2) is 7.38. The summed E-state index contributed by atoms with van der Waals surface area (Å²) in [6.07, 6.45) is 3.76. The van der Waals surface area contributed by atoms with Gasteiger partial charge in [-0.25, -0.2) is 4.79 Å². The second-order valence-electron chi connectivity index (χ2n) is 5.87. The van der Waals surface area contributed by atoms with Crippen molar-refractivity contribution in [2.75, 3.05) is 11.9 Å². The summed E-state index contributed by atoms with van der Waals surface area (Å²) in [6.45, 7) is 3.63. The van der Waals surface area contributed by atoms with Crippen LogP contribution in [0.15, 0.2) is 6.07 Å². The quantitative estimate of drug-likeness (QED) is 0.807. The van der Waals surface area contributed by atoms with Crippen molar-refractivity contribution in [2.24, 2.45) is 0 Å². The van der Waals surface area contributed by atoms with Crippen molar-refractivity contribution in [3.8, 4) is 6.07 Å². The number of carbonyl (C=O) groups is 2. The van der Waals surface area contributed by atoms with Crippen LogP contribution >= 0.6 is 22.7 Å². The first-order chi connectivity index (χ1) is 12.0. The van der Waals surface area contributed by atoms with Gasteiger partial charge in [-0.05, 0) is 49.8 Å². The summed E-state index contributed by atoms with van der Waals surface area (Å²) in [6, 6.07) is 3.97. The smallest absolute Gasteiger partial charge is 0.348 e. The molecular weight excluding hydrogens is 356 g/mol. The standard InChI is InChI=1S/C18H18N2O3S2/c1-3-13-10(2)7-15(24-13)18(22)23-9-16(21)20-17-12(8-19)11-5-4-6-14(11)25-17/h7H,3-6,9H2,1-2H3,(H,20,21). The van der Waals surface area contributed by atoms with Crippen LogP contribution in [0, 0.1) is 18.3 Å². The van der Waals surface area contributed by atoms with Crippen molar-refractivity contribution in [1.82, 2.24) is 0 Å². The maximum atomic E-state index is 12.1. The zero-order chi connectivity index (χ0) is 18.0. The highest BCUT2D eigenvalue weighted by Gasteiger charge is 2.23. The minimum atomic E-state index is -0.489. The van der Waals surface area contributed by atoms with Crippen molar-refractivity contribution in [2.45, 2.75) is 39.5 Å². The minimum absolute atomic E-state index is 0.356. The number of amides is 1. The van der Waals surface area contributed by atoms with Gasteiger partial charge in [-0.3, -0.25) is 4.79 Å². The van der Waals surface area contributed by atoms with Gasteiger partial charge in [0.05, 0.1) is 5.56 Å². The van der Waals surface area contributed by atoms with E-state index < -0.39 is 11.9 Å². The van der Waals surface area contributed by atoms with Crippen LogP contribution in [0.2, 0.25) is 0 Å². The average Bonchev–Trinajstić information content (AvgIpc) is 3.26. The molecule has 2 aromatic heterocycles. The number of anilines is 1. The zero-order valence-electron chi connectivity index (χ0n) is 14.1. The summed E-state index contributed by atoms with van der Waals surface area (Å²) < 4.78 is 5.11. The molecule has 3 rings (SSSR count). The highest BCUT2D eigenvalue weighted by molar-refractivity contribution is 7.16. The van der Waals surface area contributed by atoms with Crippen molar-refractivity contribution in [3.05, 3.63) is 37.4 Å². The lowest BCUT2D eigenvalue weighted by Gasteiger charge is -2.05. The van der Waals surface area contributed by atoms with Gasteiger partial charge in [0.2, 0.25) is 0 Å². The van der Waals surface area contributed by atoms with E-state index in [2.05, 4.69) is 11.4 Å². The highest BCUT2D eigenvalue weighted by Crippen LogP contribution is 2.38. The van der Waals surface area contributed by atoms with E-state index in [9.17, 15) is 14.9 Å². The summed E-state index contributed by atoms with van der Waals surface area (Å²) in [5.74, 6) is -0.911. The Kier molecular flexibility index (Phi) is 5.21.